The van der Waals surface area contributed by atoms with Gasteiger partial charge in [-0.05, 0) is 42.8 Å². The monoisotopic (exact) mass is 369 g/mol. The van der Waals surface area contributed by atoms with E-state index in [1.807, 2.05) is 43.5 Å². The van der Waals surface area contributed by atoms with E-state index in [1.54, 1.807) is 23.0 Å². The van der Waals surface area contributed by atoms with Crippen molar-refractivity contribution in [1.82, 2.24) is 15.1 Å². The molecule has 26 heavy (non-hydrogen) atoms. The third-order valence-corrected chi connectivity index (χ3v) is 5.14. The molecule has 7 heteroatoms. The highest BCUT2D eigenvalue weighted by Crippen LogP contribution is 2.21. The molecule has 0 aliphatic rings. The minimum Gasteiger partial charge on any atom is -0.345 e. The number of aromatic nitrogens is 2. The van der Waals surface area contributed by atoms with Crippen molar-refractivity contribution in [3.05, 3.63) is 78.1 Å². The first-order valence-corrected chi connectivity index (χ1v) is 9.95. The third kappa shape index (κ3) is 3.83. The Bertz CT molecular complexity index is 1030. The summed E-state index contributed by atoms with van der Waals surface area (Å²) in [5, 5.41) is 7.16. The minimum absolute atomic E-state index is 0.120. The summed E-state index contributed by atoms with van der Waals surface area (Å²) in [6.07, 6.45) is 4.65. The van der Waals surface area contributed by atoms with Crippen LogP contribution in [-0.4, -0.2) is 30.4 Å². The van der Waals surface area contributed by atoms with Crippen LogP contribution in [0.15, 0.2) is 71.9 Å². The average molecular weight is 369 g/mol. The molecule has 1 unspecified atom stereocenters. The summed E-state index contributed by atoms with van der Waals surface area (Å²) >= 11 is 0. The lowest BCUT2D eigenvalue weighted by molar-refractivity contribution is 0.0939. The fourth-order valence-corrected chi connectivity index (χ4v) is 3.37. The van der Waals surface area contributed by atoms with Crippen LogP contribution in [0.2, 0.25) is 0 Å². The average Bonchev–Trinajstić information content (AvgIpc) is 3.15. The van der Waals surface area contributed by atoms with E-state index < -0.39 is 9.84 Å². The van der Waals surface area contributed by atoms with Crippen LogP contribution in [0.1, 0.15) is 28.9 Å². The summed E-state index contributed by atoms with van der Waals surface area (Å²) in [7, 11) is -3.37. The Morgan fingerprint density at radius 2 is 1.88 bits per heavy atom. The van der Waals surface area contributed by atoms with Crippen LogP contribution in [0.3, 0.4) is 0 Å². The van der Waals surface area contributed by atoms with E-state index in [2.05, 4.69) is 10.4 Å². The molecule has 1 aromatic heterocycles. The number of carbonyl (C=O) groups is 1. The van der Waals surface area contributed by atoms with E-state index in [0.717, 1.165) is 17.5 Å². The number of hydrogen-bond acceptors (Lipinski definition) is 4. The van der Waals surface area contributed by atoms with Gasteiger partial charge in [0.15, 0.2) is 9.84 Å². The molecule has 0 bridgehead atoms. The second-order valence-corrected chi connectivity index (χ2v) is 8.02. The lowest BCUT2D eigenvalue weighted by Gasteiger charge is -2.18. The van der Waals surface area contributed by atoms with Crippen molar-refractivity contribution in [1.29, 1.82) is 0 Å². The summed E-state index contributed by atoms with van der Waals surface area (Å²) in [6, 6.07) is 15.2. The van der Waals surface area contributed by atoms with Crippen LogP contribution >= 0.6 is 0 Å². The summed E-state index contributed by atoms with van der Waals surface area (Å²) < 4.78 is 25.1. The highest BCUT2D eigenvalue weighted by atomic mass is 32.2. The zero-order chi connectivity index (χ0) is 18.7. The zero-order valence-corrected chi connectivity index (χ0v) is 15.3. The number of nitrogens with one attached hydrogen (secondary N) is 1. The molecule has 1 atom stereocenters. The maximum atomic E-state index is 12.6. The quantitative estimate of drug-likeness (QED) is 0.750. The molecule has 134 valence electrons. The Morgan fingerprint density at radius 3 is 2.58 bits per heavy atom. The van der Waals surface area contributed by atoms with Crippen molar-refractivity contribution in [2.75, 3.05) is 6.26 Å². The Labute approximate surface area is 152 Å². The van der Waals surface area contributed by atoms with Gasteiger partial charge in [0.1, 0.15) is 0 Å². The summed E-state index contributed by atoms with van der Waals surface area (Å²) in [4.78, 5) is 12.7. The molecule has 0 radical (unpaired) electrons. The first kappa shape index (κ1) is 17.9. The summed E-state index contributed by atoms with van der Waals surface area (Å²) in [6.45, 7) is 1.88. The van der Waals surface area contributed by atoms with E-state index in [1.165, 1.54) is 12.1 Å². The molecular weight excluding hydrogens is 350 g/mol. The van der Waals surface area contributed by atoms with Crippen LogP contribution in [0.5, 0.6) is 0 Å². The van der Waals surface area contributed by atoms with Crippen LogP contribution in [0.25, 0.3) is 5.69 Å². The fourth-order valence-electron chi connectivity index (χ4n) is 2.70. The van der Waals surface area contributed by atoms with Gasteiger partial charge in [0, 0.05) is 24.2 Å². The van der Waals surface area contributed by atoms with Gasteiger partial charge >= 0.3 is 0 Å². The molecule has 1 N–H and O–H groups in total. The van der Waals surface area contributed by atoms with Gasteiger partial charge in [0.25, 0.3) is 5.91 Å². The highest BCUT2D eigenvalue weighted by Gasteiger charge is 2.17. The van der Waals surface area contributed by atoms with Crippen molar-refractivity contribution in [2.24, 2.45) is 0 Å². The summed E-state index contributed by atoms with van der Waals surface area (Å²) in [5.74, 6) is -0.335. The first-order chi connectivity index (χ1) is 12.4. The molecule has 3 aromatic rings. The lowest BCUT2D eigenvalue weighted by atomic mass is 10.1. The predicted octanol–water partition coefficient (Wildman–Crippen LogP) is 2.77. The normalized spacial score (nSPS) is 12.5. The van der Waals surface area contributed by atoms with Gasteiger partial charge in [-0.2, -0.15) is 5.10 Å². The molecule has 1 heterocycles. The standard InChI is InChI=1S/C19H19N3O3S/c1-14(17-9-3-4-10-18(17)22-12-6-11-20-22)21-19(23)15-7-5-8-16(13-15)26(2,24)25/h3-14H,1-2H3,(H,21,23). The smallest absolute Gasteiger partial charge is 0.251 e. The topological polar surface area (TPSA) is 81.1 Å². The number of rotatable bonds is 5. The number of amides is 1. The maximum Gasteiger partial charge on any atom is 0.251 e. The molecule has 0 aliphatic heterocycles. The number of para-hydroxylation sites is 1. The second-order valence-electron chi connectivity index (χ2n) is 6.00. The number of sulfone groups is 1. The Hall–Kier alpha value is -2.93. The molecule has 0 saturated carbocycles. The zero-order valence-electron chi connectivity index (χ0n) is 14.5. The Balaban J connectivity index is 1.85. The fraction of sp³-hybridized carbons (Fsp3) is 0.158. The molecular formula is C19H19N3O3S. The first-order valence-electron chi connectivity index (χ1n) is 8.06. The Kier molecular flexibility index (Phi) is 4.90. The molecule has 0 spiro atoms. The van der Waals surface area contributed by atoms with Crippen LogP contribution in [-0.2, 0) is 9.84 Å². The molecule has 1 amide bonds. The van der Waals surface area contributed by atoms with E-state index >= 15 is 0 Å². The van der Waals surface area contributed by atoms with Gasteiger partial charge in [0.2, 0.25) is 0 Å². The van der Waals surface area contributed by atoms with Gasteiger partial charge in [-0.15, -0.1) is 0 Å². The molecule has 6 nitrogen and oxygen atoms in total. The second kappa shape index (κ2) is 7.13. The van der Waals surface area contributed by atoms with Crippen molar-refractivity contribution in [2.45, 2.75) is 17.9 Å². The largest absolute Gasteiger partial charge is 0.345 e. The number of benzene rings is 2. The van der Waals surface area contributed by atoms with Gasteiger partial charge in [-0.3, -0.25) is 4.79 Å². The number of hydrogen-bond donors (Lipinski definition) is 1. The van der Waals surface area contributed by atoms with Gasteiger partial charge in [-0.25, -0.2) is 13.1 Å². The Morgan fingerprint density at radius 1 is 1.12 bits per heavy atom. The van der Waals surface area contributed by atoms with Crippen molar-refractivity contribution in [3.8, 4) is 5.69 Å². The number of carbonyl (C=O) groups excluding carboxylic acids is 1. The van der Waals surface area contributed by atoms with Crippen LogP contribution < -0.4 is 5.32 Å². The van der Waals surface area contributed by atoms with E-state index in [0.29, 0.717) is 5.56 Å². The van der Waals surface area contributed by atoms with Crippen molar-refractivity contribution in [3.63, 3.8) is 0 Å². The van der Waals surface area contributed by atoms with Gasteiger partial charge in [-0.1, -0.05) is 24.3 Å². The van der Waals surface area contributed by atoms with Crippen molar-refractivity contribution < 1.29 is 13.2 Å². The summed E-state index contributed by atoms with van der Waals surface area (Å²) in [5.41, 5.74) is 2.08. The molecule has 2 aromatic carbocycles. The van der Waals surface area contributed by atoms with Crippen LogP contribution in [0.4, 0.5) is 0 Å². The highest BCUT2D eigenvalue weighted by molar-refractivity contribution is 7.90. The molecule has 0 fully saturated rings. The number of nitrogens with zero attached hydrogens (tertiary/aromatic N) is 2. The van der Waals surface area contributed by atoms with Gasteiger partial charge in [0.05, 0.1) is 16.6 Å². The maximum absolute atomic E-state index is 12.6. The van der Waals surface area contributed by atoms with Crippen LogP contribution in [0, 0.1) is 0 Å². The third-order valence-electron chi connectivity index (χ3n) is 4.03. The van der Waals surface area contributed by atoms with E-state index in [4.69, 9.17) is 0 Å². The molecule has 0 aliphatic carbocycles. The van der Waals surface area contributed by atoms with Gasteiger partial charge < -0.3 is 5.32 Å². The predicted molar refractivity (Wildman–Crippen MR) is 99.0 cm³/mol. The van der Waals surface area contributed by atoms with E-state index in [9.17, 15) is 13.2 Å². The SMILES string of the molecule is CC(NC(=O)c1cccc(S(C)(=O)=O)c1)c1ccccc1-n1cccn1. The van der Waals surface area contributed by atoms with E-state index in [-0.39, 0.29) is 16.8 Å². The van der Waals surface area contributed by atoms with Crippen molar-refractivity contribution >= 4 is 15.7 Å². The minimum atomic E-state index is -3.37. The molecule has 0 saturated heterocycles. The molecule has 3 rings (SSSR count). The lowest BCUT2D eigenvalue weighted by Crippen LogP contribution is -2.27.